The molecule has 1 aliphatic rings. The highest BCUT2D eigenvalue weighted by Crippen LogP contribution is 2.36. The number of nitrogens with zero attached hydrogens (tertiary/aromatic N) is 4. The first-order chi connectivity index (χ1) is 17.4. The highest BCUT2D eigenvalue weighted by atomic mass is 19.4. The summed E-state index contributed by atoms with van der Waals surface area (Å²) in [4.78, 5) is 12.7. The molecule has 0 aliphatic heterocycles. The number of azo groups is 1. The Bertz CT molecular complexity index is 1390. The van der Waals surface area contributed by atoms with Gasteiger partial charge in [0, 0.05) is 22.5 Å². The van der Waals surface area contributed by atoms with Crippen molar-refractivity contribution in [3.05, 3.63) is 101 Å². The van der Waals surface area contributed by atoms with Gasteiger partial charge in [-0.15, -0.1) is 0 Å². The third-order valence-electron chi connectivity index (χ3n) is 5.99. The van der Waals surface area contributed by atoms with Gasteiger partial charge in [0.2, 0.25) is 0 Å². The summed E-state index contributed by atoms with van der Waals surface area (Å²) in [5.74, 6) is -0.335. The van der Waals surface area contributed by atoms with Crippen molar-refractivity contribution in [3.8, 4) is 5.69 Å². The van der Waals surface area contributed by atoms with Crippen LogP contribution < -0.4 is 5.32 Å². The third kappa shape index (κ3) is 5.05. The molecule has 1 aromatic heterocycles. The smallest absolute Gasteiger partial charge is 0.322 e. The van der Waals surface area contributed by atoms with Gasteiger partial charge in [0.25, 0.3) is 5.91 Å². The molecule has 5 rings (SSSR count). The number of nitrogens with one attached hydrogen (secondary N) is 1. The molecule has 0 saturated carbocycles. The summed E-state index contributed by atoms with van der Waals surface area (Å²) in [7, 11) is 0. The molecule has 0 fully saturated rings. The van der Waals surface area contributed by atoms with Crippen LogP contribution in [0, 0.1) is 0 Å². The maximum Gasteiger partial charge on any atom is 0.435 e. The van der Waals surface area contributed by atoms with E-state index in [2.05, 4.69) is 20.6 Å². The van der Waals surface area contributed by atoms with Crippen LogP contribution in [0.3, 0.4) is 0 Å². The average molecular weight is 490 g/mol. The van der Waals surface area contributed by atoms with E-state index in [4.69, 9.17) is 0 Å². The van der Waals surface area contributed by atoms with Gasteiger partial charge in [-0.3, -0.25) is 4.79 Å². The normalized spacial score (nSPS) is 13.5. The van der Waals surface area contributed by atoms with Crippen LogP contribution >= 0.6 is 0 Å². The van der Waals surface area contributed by atoms with E-state index in [9.17, 15) is 18.0 Å². The van der Waals surface area contributed by atoms with Crippen LogP contribution in [0.5, 0.6) is 0 Å². The molecule has 182 valence electrons. The Kier molecular flexibility index (Phi) is 6.37. The van der Waals surface area contributed by atoms with Crippen molar-refractivity contribution >= 4 is 23.0 Å². The van der Waals surface area contributed by atoms with Crippen LogP contribution in [-0.2, 0) is 19.0 Å². The highest BCUT2D eigenvalue weighted by Gasteiger charge is 2.39. The quantitative estimate of drug-likeness (QED) is 0.296. The van der Waals surface area contributed by atoms with Crippen LogP contribution in [0.25, 0.3) is 5.69 Å². The van der Waals surface area contributed by atoms with E-state index in [1.54, 1.807) is 48.5 Å². The fraction of sp³-hybridized carbons (Fsp3) is 0.185. The van der Waals surface area contributed by atoms with E-state index in [1.807, 2.05) is 30.3 Å². The minimum absolute atomic E-state index is 0.280. The van der Waals surface area contributed by atoms with E-state index in [0.29, 0.717) is 41.2 Å². The Morgan fingerprint density at radius 3 is 2.14 bits per heavy atom. The second kappa shape index (κ2) is 9.77. The number of carbonyl (C=O) groups excluding carboxylic acids is 1. The molecule has 1 N–H and O–H groups in total. The number of fused-ring (bicyclic) bond motifs is 1. The number of aromatic nitrogens is 2. The van der Waals surface area contributed by atoms with Crippen LogP contribution in [-0.4, -0.2) is 15.7 Å². The molecular formula is C27H22F3N5O. The number of hydrogen-bond donors (Lipinski definition) is 1. The topological polar surface area (TPSA) is 71.6 Å². The fourth-order valence-electron chi connectivity index (χ4n) is 4.22. The first-order valence-corrected chi connectivity index (χ1v) is 11.5. The Hall–Kier alpha value is -4.27. The van der Waals surface area contributed by atoms with Gasteiger partial charge in [-0.25, -0.2) is 4.68 Å². The zero-order chi connectivity index (χ0) is 25.1. The molecular weight excluding hydrogens is 467 g/mol. The molecule has 0 radical (unpaired) electrons. The van der Waals surface area contributed by atoms with Gasteiger partial charge in [0.05, 0.1) is 17.1 Å². The SMILES string of the molecule is O=C(Nc1ccc(N=Nc2ccccc2)cc1)c1ccc(-n2nc(C(F)(F)F)c3c2CCCC3)cc1. The lowest BCUT2D eigenvalue weighted by Gasteiger charge is -2.15. The van der Waals surface area contributed by atoms with Crippen LogP contribution in [0.4, 0.5) is 30.2 Å². The standard InChI is InChI=1S/C27H22F3N5O/c28-27(29,30)25-23-8-4-5-9-24(23)35(34-25)22-16-10-18(11-17-22)26(36)31-19-12-14-21(15-13-19)33-32-20-6-2-1-3-7-20/h1-3,6-7,10-17H,4-5,8-9H2,(H,31,36). The van der Waals surface area contributed by atoms with E-state index in [-0.39, 0.29) is 11.5 Å². The fourth-order valence-corrected chi connectivity index (χ4v) is 4.22. The molecule has 9 heteroatoms. The van der Waals surface area contributed by atoms with Crippen molar-refractivity contribution in [1.82, 2.24) is 9.78 Å². The predicted molar refractivity (Wildman–Crippen MR) is 130 cm³/mol. The van der Waals surface area contributed by atoms with Gasteiger partial charge < -0.3 is 5.32 Å². The third-order valence-corrected chi connectivity index (χ3v) is 5.99. The summed E-state index contributed by atoms with van der Waals surface area (Å²) in [6.45, 7) is 0. The molecule has 0 unspecified atom stereocenters. The molecule has 1 amide bonds. The van der Waals surface area contributed by atoms with E-state index in [0.717, 1.165) is 18.5 Å². The summed E-state index contributed by atoms with van der Waals surface area (Å²) < 4.78 is 41.8. The van der Waals surface area contributed by atoms with Gasteiger partial charge in [0.1, 0.15) is 0 Å². The molecule has 6 nitrogen and oxygen atoms in total. The van der Waals surface area contributed by atoms with Gasteiger partial charge in [-0.2, -0.15) is 28.5 Å². The average Bonchev–Trinajstić information content (AvgIpc) is 3.29. The maximum absolute atomic E-state index is 13.5. The number of benzene rings is 3. The molecule has 3 aromatic carbocycles. The molecule has 36 heavy (non-hydrogen) atoms. The lowest BCUT2D eigenvalue weighted by atomic mass is 9.95. The summed E-state index contributed by atoms with van der Waals surface area (Å²) in [6.07, 6.45) is -2.04. The van der Waals surface area contributed by atoms with Gasteiger partial charge in [-0.05, 0) is 86.3 Å². The van der Waals surface area contributed by atoms with Crippen molar-refractivity contribution in [2.75, 3.05) is 5.32 Å². The zero-order valence-corrected chi connectivity index (χ0v) is 19.2. The Labute approximate surface area is 205 Å². The number of carbonyl (C=O) groups is 1. The van der Waals surface area contributed by atoms with Crippen molar-refractivity contribution in [1.29, 1.82) is 0 Å². The summed E-state index contributed by atoms with van der Waals surface area (Å²) in [5, 5.41) is 15.0. The summed E-state index contributed by atoms with van der Waals surface area (Å²) in [6, 6.07) is 22.7. The van der Waals surface area contributed by atoms with Crippen molar-refractivity contribution < 1.29 is 18.0 Å². The van der Waals surface area contributed by atoms with Crippen molar-refractivity contribution in [3.63, 3.8) is 0 Å². The Balaban J connectivity index is 1.29. The van der Waals surface area contributed by atoms with E-state index in [1.165, 1.54) is 4.68 Å². The largest absolute Gasteiger partial charge is 0.435 e. The van der Waals surface area contributed by atoms with E-state index >= 15 is 0 Å². The second-order valence-corrected chi connectivity index (χ2v) is 8.47. The summed E-state index contributed by atoms with van der Waals surface area (Å²) >= 11 is 0. The second-order valence-electron chi connectivity index (χ2n) is 8.47. The Morgan fingerprint density at radius 2 is 1.47 bits per heavy atom. The van der Waals surface area contributed by atoms with Crippen LogP contribution in [0.2, 0.25) is 0 Å². The number of hydrogen-bond acceptors (Lipinski definition) is 4. The van der Waals surface area contributed by atoms with Gasteiger partial charge in [0.15, 0.2) is 5.69 Å². The molecule has 0 bridgehead atoms. The van der Waals surface area contributed by atoms with E-state index < -0.39 is 11.9 Å². The number of amides is 1. The zero-order valence-electron chi connectivity index (χ0n) is 19.2. The molecule has 1 aliphatic carbocycles. The van der Waals surface area contributed by atoms with Gasteiger partial charge >= 0.3 is 6.18 Å². The number of alkyl halides is 3. The minimum atomic E-state index is -4.50. The lowest BCUT2D eigenvalue weighted by Crippen LogP contribution is -2.12. The lowest BCUT2D eigenvalue weighted by molar-refractivity contribution is -0.142. The number of halogens is 3. The first kappa shape index (κ1) is 23.5. The first-order valence-electron chi connectivity index (χ1n) is 11.5. The monoisotopic (exact) mass is 489 g/mol. The minimum Gasteiger partial charge on any atom is -0.322 e. The predicted octanol–water partition coefficient (Wildman–Crippen LogP) is 7.44. The van der Waals surface area contributed by atoms with Crippen LogP contribution in [0.15, 0.2) is 89.1 Å². The number of anilines is 1. The Morgan fingerprint density at radius 1 is 0.833 bits per heavy atom. The van der Waals surface area contributed by atoms with Gasteiger partial charge in [-0.1, -0.05) is 18.2 Å². The molecule has 0 saturated heterocycles. The molecule has 4 aromatic rings. The molecule has 0 atom stereocenters. The molecule has 0 spiro atoms. The number of rotatable bonds is 5. The molecule has 1 heterocycles. The maximum atomic E-state index is 13.5. The van der Waals surface area contributed by atoms with Crippen molar-refractivity contribution in [2.45, 2.75) is 31.9 Å². The highest BCUT2D eigenvalue weighted by molar-refractivity contribution is 6.04. The summed E-state index contributed by atoms with van der Waals surface area (Å²) in [5.41, 5.74) is 2.89. The van der Waals surface area contributed by atoms with Crippen LogP contribution in [0.1, 0.15) is 40.2 Å². The van der Waals surface area contributed by atoms with Crippen molar-refractivity contribution in [2.24, 2.45) is 10.2 Å².